The summed E-state index contributed by atoms with van der Waals surface area (Å²) >= 11 is 0. The molecule has 2 atom stereocenters. The maximum Gasteiger partial charge on any atom is 0.341 e. The molecule has 0 saturated carbocycles. The summed E-state index contributed by atoms with van der Waals surface area (Å²) in [6.45, 7) is 0. The number of ether oxygens (including phenoxy) is 2. The van der Waals surface area contributed by atoms with Crippen molar-refractivity contribution in [3.63, 3.8) is 0 Å². The molecule has 0 spiro atoms. The van der Waals surface area contributed by atoms with Crippen LogP contribution in [0.25, 0.3) is 0 Å². The zero-order valence-corrected chi connectivity index (χ0v) is 11.1. The first-order chi connectivity index (χ1) is 9.40. The number of carbonyl (C=O) groups excluding carboxylic acids is 1. The predicted octanol–water partition coefficient (Wildman–Crippen LogP) is 0.351. The van der Waals surface area contributed by atoms with Crippen molar-refractivity contribution < 1.29 is 34.4 Å². The quantitative estimate of drug-likeness (QED) is 0.646. The second kappa shape index (κ2) is 6.88. The SMILES string of the molecule is COC(=O)c1ccc(C(O)C(O)CC(=O)O)cc1OC. The van der Waals surface area contributed by atoms with Gasteiger partial charge in [0, 0.05) is 0 Å². The Morgan fingerprint density at radius 1 is 1.25 bits per heavy atom. The van der Waals surface area contributed by atoms with Crippen molar-refractivity contribution in [2.24, 2.45) is 0 Å². The summed E-state index contributed by atoms with van der Waals surface area (Å²) in [6.07, 6.45) is -3.45. The van der Waals surface area contributed by atoms with E-state index in [0.29, 0.717) is 0 Å². The monoisotopic (exact) mass is 284 g/mol. The van der Waals surface area contributed by atoms with Gasteiger partial charge in [0.2, 0.25) is 0 Å². The maximum absolute atomic E-state index is 11.5. The van der Waals surface area contributed by atoms with Crippen LogP contribution in [0, 0.1) is 0 Å². The highest BCUT2D eigenvalue weighted by Gasteiger charge is 2.23. The normalized spacial score (nSPS) is 13.4. The largest absolute Gasteiger partial charge is 0.496 e. The number of carbonyl (C=O) groups is 2. The molecule has 0 radical (unpaired) electrons. The van der Waals surface area contributed by atoms with Crippen LogP contribution >= 0.6 is 0 Å². The van der Waals surface area contributed by atoms with E-state index < -0.39 is 30.6 Å². The molecule has 0 heterocycles. The molecule has 7 nitrogen and oxygen atoms in total. The van der Waals surface area contributed by atoms with E-state index in [1.165, 1.54) is 32.4 Å². The molecule has 2 unspecified atom stereocenters. The van der Waals surface area contributed by atoms with Crippen LogP contribution in [-0.2, 0) is 9.53 Å². The third-order valence-corrected chi connectivity index (χ3v) is 2.72. The Hall–Kier alpha value is -2.12. The average Bonchev–Trinajstić information content (AvgIpc) is 2.44. The Bertz CT molecular complexity index is 497. The van der Waals surface area contributed by atoms with Gasteiger partial charge in [0.1, 0.15) is 17.4 Å². The minimum Gasteiger partial charge on any atom is -0.496 e. The van der Waals surface area contributed by atoms with Crippen LogP contribution in [0.5, 0.6) is 5.75 Å². The number of aliphatic hydroxyl groups excluding tert-OH is 2. The van der Waals surface area contributed by atoms with Crippen molar-refractivity contribution in [3.8, 4) is 5.75 Å². The van der Waals surface area contributed by atoms with Crippen LogP contribution in [0.2, 0.25) is 0 Å². The van der Waals surface area contributed by atoms with E-state index in [4.69, 9.17) is 9.84 Å². The van der Waals surface area contributed by atoms with Gasteiger partial charge in [-0.25, -0.2) is 4.79 Å². The zero-order valence-electron chi connectivity index (χ0n) is 11.1. The summed E-state index contributed by atoms with van der Waals surface area (Å²) in [7, 11) is 2.56. The Morgan fingerprint density at radius 3 is 2.40 bits per heavy atom. The van der Waals surface area contributed by atoms with Crippen molar-refractivity contribution in [2.75, 3.05) is 14.2 Å². The Balaban J connectivity index is 3.03. The molecule has 1 aromatic carbocycles. The van der Waals surface area contributed by atoms with Crippen molar-refractivity contribution >= 4 is 11.9 Å². The van der Waals surface area contributed by atoms with E-state index >= 15 is 0 Å². The molecular formula is C13H16O7. The molecule has 0 fully saturated rings. The fourth-order valence-corrected chi connectivity index (χ4v) is 1.68. The third kappa shape index (κ3) is 3.69. The zero-order chi connectivity index (χ0) is 15.3. The van der Waals surface area contributed by atoms with E-state index in [1.54, 1.807) is 0 Å². The minimum absolute atomic E-state index is 0.163. The molecule has 0 amide bonds. The first-order valence-corrected chi connectivity index (χ1v) is 5.74. The van der Waals surface area contributed by atoms with Crippen molar-refractivity contribution in [1.82, 2.24) is 0 Å². The lowest BCUT2D eigenvalue weighted by molar-refractivity contribution is -0.141. The highest BCUT2D eigenvalue weighted by molar-refractivity contribution is 5.92. The second-order valence-electron chi connectivity index (χ2n) is 4.06. The summed E-state index contributed by atoms with van der Waals surface area (Å²) in [5, 5.41) is 28.0. The number of esters is 1. The number of benzene rings is 1. The maximum atomic E-state index is 11.5. The molecule has 3 N–H and O–H groups in total. The van der Waals surface area contributed by atoms with E-state index in [2.05, 4.69) is 4.74 Å². The molecule has 0 bridgehead atoms. The van der Waals surface area contributed by atoms with Crippen molar-refractivity contribution in [1.29, 1.82) is 0 Å². The fourth-order valence-electron chi connectivity index (χ4n) is 1.68. The van der Waals surface area contributed by atoms with E-state index in [9.17, 15) is 19.8 Å². The molecule has 1 rings (SSSR count). The summed E-state index contributed by atoms with van der Waals surface area (Å²) in [4.78, 5) is 22.0. The number of hydrogen-bond acceptors (Lipinski definition) is 6. The summed E-state index contributed by atoms with van der Waals surface area (Å²) in [5.41, 5.74) is 0.405. The Kier molecular flexibility index (Phi) is 5.48. The van der Waals surface area contributed by atoms with E-state index in [1.807, 2.05) is 0 Å². The lowest BCUT2D eigenvalue weighted by atomic mass is 10.00. The number of aliphatic hydroxyl groups is 2. The minimum atomic E-state index is -1.46. The van der Waals surface area contributed by atoms with Crippen LogP contribution in [0.4, 0.5) is 0 Å². The highest BCUT2D eigenvalue weighted by Crippen LogP contribution is 2.27. The van der Waals surface area contributed by atoms with Crippen LogP contribution in [0.3, 0.4) is 0 Å². The first-order valence-electron chi connectivity index (χ1n) is 5.74. The van der Waals surface area contributed by atoms with Gasteiger partial charge in [-0.1, -0.05) is 6.07 Å². The number of rotatable bonds is 6. The van der Waals surface area contributed by atoms with Gasteiger partial charge in [-0.3, -0.25) is 4.79 Å². The molecule has 0 aromatic heterocycles. The molecule has 0 aliphatic heterocycles. The highest BCUT2D eigenvalue weighted by atomic mass is 16.5. The average molecular weight is 284 g/mol. The fraction of sp³-hybridized carbons (Fsp3) is 0.385. The number of carboxylic acid groups (broad SMARTS) is 1. The van der Waals surface area contributed by atoms with Gasteiger partial charge >= 0.3 is 11.9 Å². The van der Waals surface area contributed by atoms with Gasteiger partial charge in [-0.05, 0) is 17.7 Å². The summed E-state index contributed by atoms with van der Waals surface area (Å²) in [6, 6.07) is 4.11. The van der Waals surface area contributed by atoms with E-state index in [-0.39, 0.29) is 16.9 Å². The van der Waals surface area contributed by atoms with Crippen molar-refractivity contribution in [3.05, 3.63) is 29.3 Å². The second-order valence-corrected chi connectivity index (χ2v) is 4.06. The standard InChI is InChI=1S/C13H16O7/c1-19-10-5-7(3-4-8(10)13(18)20-2)12(17)9(14)6-11(15)16/h3-5,9,12,14,17H,6H2,1-2H3,(H,15,16). The van der Waals surface area contributed by atoms with Crippen LogP contribution in [-0.4, -0.2) is 47.6 Å². The number of aliphatic carboxylic acids is 1. The molecular weight excluding hydrogens is 268 g/mol. The van der Waals surface area contributed by atoms with Gasteiger partial charge in [-0.15, -0.1) is 0 Å². The van der Waals surface area contributed by atoms with Gasteiger partial charge in [0.25, 0.3) is 0 Å². The van der Waals surface area contributed by atoms with Gasteiger partial charge in [-0.2, -0.15) is 0 Å². The summed E-state index contributed by atoms with van der Waals surface area (Å²) in [5.74, 6) is -1.67. The lowest BCUT2D eigenvalue weighted by Crippen LogP contribution is -2.22. The van der Waals surface area contributed by atoms with Gasteiger partial charge in [0.15, 0.2) is 0 Å². The number of carboxylic acids is 1. The molecule has 20 heavy (non-hydrogen) atoms. The number of methoxy groups -OCH3 is 2. The Labute approximate surface area is 115 Å². The molecule has 7 heteroatoms. The smallest absolute Gasteiger partial charge is 0.341 e. The molecule has 1 aromatic rings. The Morgan fingerprint density at radius 2 is 1.90 bits per heavy atom. The van der Waals surface area contributed by atoms with Gasteiger partial charge in [0.05, 0.1) is 26.7 Å². The molecule has 0 saturated heterocycles. The predicted molar refractivity (Wildman–Crippen MR) is 67.6 cm³/mol. The van der Waals surface area contributed by atoms with Crippen LogP contribution in [0.1, 0.15) is 28.4 Å². The summed E-state index contributed by atoms with van der Waals surface area (Å²) < 4.78 is 9.58. The molecule has 0 aliphatic rings. The van der Waals surface area contributed by atoms with Crippen LogP contribution in [0.15, 0.2) is 18.2 Å². The van der Waals surface area contributed by atoms with Gasteiger partial charge < -0.3 is 24.8 Å². The lowest BCUT2D eigenvalue weighted by Gasteiger charge is -2.18. The van der Waals surface area contributed by atoms with E-state index in [0.717, 1.165) is 0 Å². The number of hydrogen-bond donors (Lipinski definition) is 3. The molecule has 0 aliphatic carbocycles. The third-order valence-electron chi connectivity index (χ3n) is 2.72. The van der Waals surface area contributed by atoms with Crippen molar-refractivity contribution in [2.45, 2.75) is 18.6 Å². The first kappa shape index (κ1) is 15.9. The molecule has 110 valence electrons. The van der Waals surface area contributed by atoms with Crippen LogP contribution < -0.4 is 4.74 Å². The topological polar surface area (TPSA) is 113 Å².